The van der Waals surface area contributed by atoms with Gasteiger partial charge in [-0.1, -0.05) is 54.9 Å². The number of hydrogen-bond donors (Lipinski definition) is 1. The third-order valence-corrected chi connectivity index (χ3v) is 9.16. The maximum atomic E-state index is 11.9. The summed E-state index contributed by atoms with van der Waals surface area (Å²) >= 11 is 3.87. The summed E-state index contributed by atoms with van der Waals surface area (Å²) in [7, 11) is 0. The molecule has 2 aliphatic carbocycles. The van der Waals surface area contributed by atoms with Gasteiger partial charge in [-0.3, -0.25) is 9.59 Å². The van der Waals surface area contributed by atoms with Crippen LogP contribution >= 0.6 is 15.9 Å². The van der Waals surface area contributed by atoms with Gasteiger partial charge in [-0.2, -0.15) is 0 Å². The van der Waals surface area contributed by atoms with E-state index in [1.807, 2.05) is 0 Å². The van der Waals surface area contributed by atoms with E-state index in [-0.39, 0.29) is 34.7 Å². The highest BCUT2D eigenvalue weighted by Gasteiger charge is 2.60. The van der Waals surface area contributed by atoms with E-state index in [9.17, 15) is 14.7 Å². The van der Waals surface area contributed by atoms with Crippen molar-refractivity contribution in [3.05, 3.63) is 24.8 Å². The maximum absolute atomic E-state index is 11.9. The number of carbonyl (C=O) groups is 2. The summed E-state index contributed by atoms with van der Waals surface area (Å²) in [5.41, 5.74) is -0.726. The Morgan fingerprint density at radius 2 is 1.93 bits per heavy atom. The van der Waals surface area contributed by atoms with Crippen molar-refractivity contribution in [3.63, 3.8) is 0 Å². The van der Waals surface area contributed by atoms with Gasteiger partial charge >= 0.3 is 11.9 Å². The molecular formula is C24H37BrO5. The largest absolute Gasteiger partial charge is 0.462 e. The van der Waals surface area contributed by atoms with Crippen LogP contribution in [-0.4, -0.2) is 39.7 Å². The van der Waals surface area contributed by atoms with Crippen LogP contribution in [0.25, 0.3) is 0 Å². The fourth-order valence-corrected chi connectivity index (χ4v) is 6.51. The zero-order chi connectivity index (χ0) is 23.1. The Labute approximate surface area is 189 Å². The predicted octanol–water partition coefficient (Wildman–Crippen LogP) is 4.96. The zero-order valence-corrected chi connectivity index (χ0v) is 20.8. The molecular weight excluding hydrogens is 448 g/mol. The van der Waals surface area contributed by atoms with Gasteiger partial charge in [-0.25, -0.2) is 0 Å². The number of fused-ring (bicyclic) bond motifs is 1. The third kappa shape index (κ3) is 4.69. The second-order valence-electron chi connectivity index (χ2n) is 10.1. The average molecular weight is 485 g/mol. The average Bonchev–Trinajstić information content (AvgIpc) is 2.59. The molecule has 0 bridgehead atoms. The highest BCUT2D eigenvalue weighted by molar-refractivity contribution is 9.09. The van der Waals surface area contributed by atoms with Crippen molar-refractivity contribution in [3.8, 4) is 0 Å². The first-order valence-corrected chi connectivity index (χ1v) is 11.6. The van der Waals surface area contributed by atoms with Gasteiger partial charge in [0, 0.05) is 31.0 Å². The molecule has 30 heavy (non-hydrogen) atoms. The summed E-state index contributed by atoms with van der Waals surface area (Å²) in [4.78, 5) is 23.9. The fourth-order valence-electron chi connectivity index (χ4n) is 6.00. The van der Waals surface area contributed by atoms with E-state index in [0.717, 1.165) is 18.4 Å². The summed E-state index contributed by atoms with van der Waals surface area (Å²) in [5.74, 6) is -0.625. The first kappa shape index (κ1) is 25.1. The van der Waals surface area contributed by atoms with E-state index >= 15 is 0 Å². The lowest BCUT2D eigenvalue weighted by atomic mass is 9.46. The molecule has 0 heterocycles. The van der Waals surface area contributed by atoms with E-state index in [0.29, 0.717) is 17.7 Å². The van der Waals surface area contributed by atoms with Gasteiger partial charge in [0.2, 0.25) is 0 Å². The van der Waals surface area contributed by atoms with Crippen LogP contribution in [0.4, 0.5) is 0 Å². The molecule has 2 fully saturated rings. The van der Waals surface area contributed by atoms with E-state index in [1.165, 1.54) is 19.9 Å². The van der Waals surface area contributed by atoms with Crippen molar-refractivity contribution >= 4 is 27.9 Å². The normalized spacial score (nSPS) is 36.1. The fraction of sp³-hybridized carbons (Fsp3) is 0.750. The van der Waals surface area contributed by atoms with Crippen molar-refractivity contribution < 1.29 is 24.2 Å². The third-order valence-electron chi connectivity index (χ3n) is 7.52. The number of ether oxygens (including phenoxy) is 2. The highest BCUT2D eigenvalue weighted by Crippen LogP contribution is 2.63. The number of alkyl halides is 1. The second kappa shape index (κ2) is 8.78. The lowest BCUT2D eigenvalue weighted by Gasteiger charge is -2.61. The van der Waals surface area contributed by atoms with Gasteiger partial charge < -0.3 is 14.6 Å². The van der Waals surface area contributed by atoms with E-state index in [4.69, 9.17) is 9.47 Å². The van der Waals surface area contributed by atoms with Crippen molar-refractivity contribution in [2.45, 2.75) is 89.9 Å². The molecule has 2 unspecified atom stereocenters. The minimum Gasteiger partial charge on any atom is -0.462 e. The van der Waals surface area contributed by atoms with Crippen LogP contribution in [0.5, 0.6) is 0 Å². The monoisotopic (exact) mass is 484 g/mol. The summed E-state index contributed by atoms with van der Waals surface area (Å²) < 4.78 is 11.4. The Balaban J connectivity index is 2.50. The van der Waals surface area contributed by atoms with Crippen LogP contribution in [0.15, 0.2) is 24.8 Å². The van der Waals surface area contributed by atoms with E-state index in [2.05, 4.69) is 49.9 Å². The number of aliphatic hydroxyl groups is 1. The Hall–Kier alpha value is -1.14. The quantitative estimate of drug-likeness (QED) is 0.327. The molecule has 0 saturated heterocycles. The van der Waals surface area contributed by atoms with Gasteiger partial charge in [-0.15, -0.1) is 6.58 Å². The van der Waals surface area contributed by atoms with Gasteiger partial charge in [0.05, 0.1) is 0 Å². The number of hydrogen-bond acceptors (Lipinski definition) is 5. The first-order chi connectivity index (χ1) is 13.7. The molecule has 2 rings (SSSR count). The van der Waals surface area contributed by atoms with Crippen LogP contribution in [0, 0.1) is 22.7 Å². The van der Waals surface area contributed by atoms with Gasteiger partial charge in [0.25, 0.3) is 0 Å². The zero-order valence-electron chi connectivity index (χ0n) is 19.2. The predicted molar refractivity (Wildman–Crippen MR) is 121 cm³/mol. The van der Waals surface area contributed by atoms with Crippen molar-refractivity contribution in [1.29, 1.82) is 0 Å². The number of halogens is 1. The standard InChI is InChI=1S/C24H37BrO5/c1-9-24(8,28)20(30-16(4)27)13-17-14(2)12-18(29-15(3)26)21-22(5,6)19(25)10-11-23(17,21)7/h9,17-21,28H,1-2,10-13H2,3-8H3/t17-,18-,19+,20?,21+,23-,24?/m0/s1. The molecule has 2 aliphatic rings. The molecule has 1 N–H and O–H groups in total. The lowest BCUT2D eigenvalue weighted by molar-refractivity contribution is -0.177. The Morgan fingerprint density at radius 3 is 2.43 bits per heavy atom. The minimum absolute atomic E-state index is 0.00404. The van der Waals surface area contributed by atoms with Crippen LogP contribution in [0.2, 0.25) is 0 Å². The minimum atomic E-state index is -1.35. The lowest BCUT2D eigenvalue weighted by Crippen LogP contribution is -2.60. The summed E-state index contributed by atoms with van der Waals surface area (Å²) in [6.45, 7) is 19.2. The molecule has 0 radical (unpaired) electrons. The van der Waals surface area contributed by atoms with E-state index in [1.54, 1.807) is 6.92 Å². The molecule has 5 nitrogen and oxygen atoms in total. The van der Waals surface area contributed by atoms with Gasteiger partial charge in [0.15, 0.2) is 0 Å². The molecule has 0 spiro atoms. The van der Waals surface area contributed by atoms with Gasteiger partial charge in [-0.05, 0) is 42.9 Å². The topological polar surface area (TPSA) is 72.8 Å². The first-order valence-electron chi connectivity index (χ1n) is 10.7. The molecule has 170 valence electrons. The molecule has 0 aliphatic heterocycles. The van der Waals surface area contributed by atoms with E-state index < -0.39 is 17.7 Å². The van der Waals surface area contributed by atoms with Crippen molar-refractivity contribution in [2.24, 2.45) is 22.7 Å². The molecule has 0 aromatic heterocycles. The highest BCUT2D eigenvalue weighted by atomic mass is 79.9. The van der Waals surface area contributed by atoms with Crippen LogP contribution in [-0.2, 0) is 19.1 Å². The van der Waals surface area contributed by atoms with Crippen molar-refractivity contribution in [2.75, 3.05) is 0 Å². The summed E-state index contributed by atoms with van der Waals surface area (Å²) in [6, 6.07) is 0. The Bertz CT molecular complexity index is 712. The van der Waals surface area contributed by atoms with Crippen molar-refractivity contribution in [1.82, 2.24) is 0 Å². The molecule has 0 aromatic rings. The maximum Gasteiger partial charge on any atom is 0.303 e. The molecule has 0 aromatic carbocycles. The SMILES string of the molecule is C=CC(C)(O)C(C[C@H]1C(=C)C[C@H](OC(C)=O)[C@@H]2C(C)(C)[C@H](Br)CC[C@]21C)OC(C)=O. The second-order valence-corrected chi connectivity index (χ2v) is 11.2. The summed E-state index contributed by atoms with van der Waals surface area (Å²) in [5, 5.41) is 10.8. The number of esters is 2. The van der Waals surface area contributed by atoms with Crippen LogP contribution < -0.4 is 0 Å². The Morgan fingerprint density at radius 1 is 1.33 bits per heavy atom. The van der Waals surface area contributed by atoms with Gasteiger partial charge in [0.1, 0.15) is 17.8 Å². The molecule has 0 amide bonds. The smallest absolute Gasteiger partial charge is 0.303 e. The molecule has 6 heteroatoms. The number of carbonyl (C=O) groups excluding carboxylic acids is 2. The molecule has 2 saturated carbocycles. The number of rotatable bonds is 6. The Kier molecular flexibility index (Phi) is 7.35. The van der Waals surface area contributed by atoms with Crippen LogP contribution in [0.3, 0.4) is 0 Å². The summed E-state index contributed by atoms with van der Waals surface area (Å²) in [6.07, 6.45) is 3.35. The molecule has 7 atom stereocenters. The van der Waals surface area contributed by atoms with Crippen LogP contribution in [0.1, 0.15) is 67.2 Å².